The Balaban J connectivity index is 1.94. The van der Waals surface area contributed by atoms with Gasteiger partial charge in [-0.2, -0.15) is 15.0 Å². The number of methoxy groups -OCH3 is 1. The third-order valence-electron chi connectivity index (χ3n) is 3.29. The molecule has 3 rings (SSSR count). The Labute approximate surface area is 142 Å². The van der Waals surface area contributed by atoms with E-state index in [4.69, 9.17) is 10.5 Å². The van der Waals surface area contributed by atoms with Crippen LogP contribution in [0.5, 0.6) is 5.75 Å². The second-order valence-electron chi connectivity index (χ2n) is 5.01. The van der Waals surface area contributed by atoms with Gasteiger partial charge in [0.05, 0.1) is 12.0 Å². The van der Waals surface area contributed by atoms with Crippen LogP contribution in [-0.4, -0.2) is 27.0 Å². The number of ether oxygens (including phenoxy) is 1. The molecule has 1 heterocycles. The van der Waals surface area contributed by atoms with E-state index in [0.29, 0.717) is 22.8 Å². The van der Waals surface area contributed by atoms with Crippen molar-refractivity contribution in [1.29, 1.82) is 0 Å². The molecule has 0 unspecified atom stereocenters. The lowest BCUT2D eigenvalue weighted by Gasteiger charge is -2.08. The molecular weight excluding hydrogens is 324 g/mol. The molecule has 9 nitrogen and oxygen atoms in total. The van der Waals surface area contributed by atoms with Gasteiger partial charge in [-0.25, -0.2) is 0 Å². The van der Waals surface area contributed by atoms with Crippen LogP contribution in [0.2, 0.25) is 0 Å². The van der Waals surface area contributed by atoms with E-state index in [1.165, 1.54) is 12.1 Å². The van der Waals surface area contributed by atoms with Crippen molar-refractivity contribution in [3.8, 4) is 17.1 Å². The Morgan fingerprint density at radius 1 is 1.12 bits per heavy atom. The van der Waals surface area contributed by atoms with E-state index in [0.717, 1.165) is 0 Å². The second kappa shape index (κ2) is 6.79. The Kier molecular flexibility index (Phi) is 4.38. The molecule has 0 aliphatic rings. The molecule has 3 aromatic rings. The summed E-state index contributed by atoms with van der Waals surface area (Å²) in [5.41, 5.74) is 6.89. The highest BCUT2D eigenvalue weighted by molar-refractivity contribution is 5.63. The smallest absolute Gasteiger partial charge is 0.271 e. The highest BCUT2D eigenvalue weighted by atomic mass is 16.6. The molecule has 0 aliphatic carbocycles. The lowest BCUT2D eigenvalue weighted by Crippen LogP contribution is -2.05. The van der Waals surface area contributed by atoms with Crippen LogP contribution >= 0.6 is 0 Å². The number of hydrogen-bond donors (Lipinski definition) is 2. The molecule has 0 fully saturated rings. The Morgan fingerprint density at radius 3 is 2.68 bits per heavy atom. The summed E-state index contributed by atoms with van der Waals surface area (Å²) in [5.74, 6) is 1.23. The average molecular weight is 338 g/mol. The third-order valence-corrected chi connectivity index (χ3v) is 3.29. The van der Waals surface area contributed by atoms with Gasteiger partial charge in [0, 0.05) is 23.4 Å². The summed E-state index contributed by atoms with van der Waals surface area (Å²) in [6, 6.07) is 13.2. The summed E-state index contributed by atoms with van der Waals surface area (Å²) in [6.45, 7) is 0. The van der Waals surface area contributed by atoms with Gasteiger partial charge in [-0.15, -0.1) is 0 Å². The SMILES string of the molecule is COc1cccc(-c2nc(N)nc(Nc3cccc([N+](=O)[O-])c3)n2)c1. The molecule has 126 valence electrons. The predicted molar refractivity (Wildman–Crippen MR) is 92.6 cm³/mol. The van der Waals surface area contributed by atoms with Crippen molar-refractivity contribution in [2.45, 2.75) is 0 Å². The molecule has 0 radical (unpaired) electrons. The summed E-state index contributed by atoms with van der Waals surface area (Å²) in [4.78, 5) is 22.8. The monoisotopic (exact) mass is 338 g/mol. The van der Waals surface area contributed by atoms with E-state index >= 15 is 0 Å². The first kappa shape index (κ1) is 16.1. The summed E-state index contributed by atoms with van der Waals surface area (Å²) >= 11 is 0. The average Bonchev–Trinajstić information content (AvgIpc) is 2.61. The standard InChI is InChI=1S/C16H14N6O3/c1-25-13-7-2-4-10(8-13)14-19-15(17)21-16(20-14)18-11-5-3-6-12(9-11)22(23)24/h2-9H,1H3,(H3,17,18,19,20,21). The number of hydrogen-bond acceptors (Lipinski definition) is 8. The zero-order valence-corrected chi connectivity index (χ0v) is 13.2. The van der Waals surface area contributed by atoms with Crippen molar-refractivity contribution < 1.29 is 9.66 Å². The van der Waals surface area contributed by atoms with Crippen LogP contribution in [0.25, 0.3) is 11.4 Å². The molecule has 0 aliphatic heterocycles. The maximum Gasteiger partial charge on any atom is 0.271 e. The first-order chi connectivity index (χ1) is 12.0. The lowest BCUT2D eigenvalue weighted by molar-refractivity contribution is -0.384. The van der Waals surface area contributed by atoms with Crippen LogP contribution in [-0.2, 0) is 0 Å². The van der Waals surface area contributed by atoms with E-state index in [2.05, 4.69) is 20.3 Å². The Hall–Kier alpha value is -3.75. The van der Waals surface area contributed by atoms with E-state index in [1.807, 2.05) is 12.1 Å². The van der Waals surface area contributed by atoms with Gasteiger partial charge in [-0.3, -0.25) is 10.1 Å². The molecule has 0 saturated heterocycles. The molecule has 0 saturated carbocycles. The van der Waals surface area contributed by atoms with Gasteiger partial charge in [0.1, 0.15) is 5.75 Å². The number of rotatable bonds is 5. The van der Waals surface area contributed by atoms with Crippen LogP contribution in [0, 0.1) is 10.1 Å². The van der Waals surface area contributed by atoms with Crippen molar-refractivity contribution in [3.63, 3.8) is 0 Å². The van der Waals surface area contributed by atoms with Crippen molar-refractivity contribution in [2.24, 2.45) is 0 Å². The molecule has 2 aromatic carbocycles. The summed E-state index contributed by atoms with van der Waals surface area (Å²) in [7, 11) is 1.57. The van der Waals surface area contributed by atoms with Gasteiger partial charge in [-0.1, -0.05) is 18.2 Å². The molecule has 0 atom stereocenters. The maximum absolute atomic E-state index is 10.9. The molecule has 9 heteroatoms. The minimum Gasteiger partial charge on any atom is -0.497 e. The van der Waals surface area contributed by atoms with Gasteiger partial charge in [-0.05, 0) is 18.2 Å². The topological polar surface area (TPSA) is 129 Å². The van der Waals surface area contributed by atoms with Crippen molar-refractivity contribution in [1.82, 2.24) is 15.0 Å². The van der Waals surface area contributed by atoms with Crippen molar-refractivity contribution in [3.05, 3.63) is 58.6 Å². The molecule has 25 heavy (non-hydrogen) atoms. The van der Waals surface area contributed by atoms with Crippen molar-refractivity contribution in [2.75, 3.05) is 18.2 Å². The lowest BCUT2D eigenvalue weighted by atomic mass is 10.2. The second-order valence-corrected chi connectivity index (χ2v) is 5.01. The number of nitrogens with zero attached hydrogens (tertiary/aromatic N) is 4. The molecule has 0 amide bonds. The Bertz CT molecular complexity index is 931. The number of aromatic nitrogens is 3. The number of nitrogens with one attached hydrogen (secondary N) is 1. The molecule has 0 spiro atoms. The molecule has 1 aromatic heterocycles. The van der Waals surface area contributed by atoms with Gasteiger partial charge in [0.15, 0.2) is 5.82 Å². The van der Waals surface area contributed by atoms with Gasteiger partial charge < -0.3 is 15.8 Å². The summed E-state index contributed by atoms with van der Waals surface area (Å²) in [5, 5.41) is 13.8. The van der Waals surface area contributed by atoms with Crippen LogP contribution in [0.3, 0.4) is 0 Å². The normalized spacial score (nSPS) is 10.3. The number of nitrogens with two attached hydrogens (primary N) is 1. The maximum atomic E-state index is 10.9. The number of benzene rings is 2. The highest BCUT2D eigenvalue weighted by Gasteiger charge is 2.10. The zero-order chi connectivity index (χ0) is 17.8. The fourth-order valence-electron chi connectivity index (χ4n) is 2.17. The van der Waals surface area contributed by atoms with E-state index in [-0.39, 0.29) is 17.6 Å². The molecule has 3 N–H and O–H groups in total. The van der Waals surface area contributed by atoms with Crippen LogP contribution in [0.15, 0.2) is 48.5 Å². The number of nitro groups is 1. The molecular formula is C16H14N6O3. The minimum absolute atomic E-state index is 0.0285. The number of anilines is 3. The van der Waals surface area contributed by atoms with Crippen LogP contribution < -0.4 is 15.8 Å². The fourth-order valence-corrected chi connectivity index (χ4v) is 2.17. The predicted octanol–water partition coefficient (Wildman–Crippen LogP) is 2.78. The first-order valence-electron chi connectivity index (χ1n) is 7.22. The largest absolute Gasteiger partial charge is 0.497 e. The third kappa shape index (κ3) is 3.78. The zero-order valence-electron chi connectivity index (χ0n) is 13.2. The summed E-state index contributed by atoms with van der Waals surface area (Å²) in [6.07, 6.45) is 0. The van der Waals surface area contributed by atoms with Gasteiger partial charge in [0.25, 0.3) is 5.69 Å². The Morgan fingerprint density at radius 2 is 1.92 bits per heavy atom. The van der Waals surface area contributed by atoms with Crippen molar-refractivity contribution >= 4 is 23.3 Å². The van der Waals surface area contributed by atoms with Gasteiger partial charge in [0.2, 0.25) is 11.9 Å². The van der Waals surface area contributed by atoms with E-state index < -0.39 is 4.92 Å². The van der Waals surface area contributed by atoms with Crippen LogP contribution in [0.1, 0.15) is 0 Å². The van der Waals surface area contributed by atoms with Crippen LogP contribution in [0.4, 0.5) is 23.3 Å². The van der Waals surface area contributed by atoms with Gasteiger partial charge >= 0.3 is 0 Å². The van der Waals surface area contributed by atoms with E-state index in [9.17, 15) is 10.1 Å². The fraction of sp³-hybridized carbons (Fsp3) is 0.0625. The number of nitrogen functional groups attached to an aromatic ring is 1. The summed E-state index contributed by atoms with van der Waals surface area (Å²) < 4.78 is 5.19. The number of non-ortho nitro benzene ring substituents is 1. The minimum atomic E-state index is -0.478. The number of nitro benzene ring substituents is 1. The molecule has 0 bridgehead atoms. The van der Waals surface area contributed by atoms with E-state index in [1.54, 1.807) is 31.4 Å². The quantitative estimate of drug-likeness (QED) is 0.536. The first-order valence-corrected chi connectivity index (χ1v) is 7.22. The highest BCUT2D eigenvalue weighted by Crippen LogP contribution is 2.24.